The molecule has 3 atom stereocenters. The van der Waals surface area contributed by atoms with Gasteiger partial charge in [-0.25, -0.2) is 4.79 Å². The van der Waals surface area contributed by atoms with Gasteiger partial charge < -0.3 is 10.1 Å². The molecule has 2 aliphatic carbocycles. The van der Waals surface area contributed by atoms with Gasteiger partial charge in [0.1, 0.15) is 0 Å². The first kappa shape index (κ1) is 15.0. The molecule has 3 nitrogen and oxygen atoms in total. The van der Waals surface area contributed by atoms with Gasteiger partial charge in [0.05, 0.1) is 12.7 Å². The number of fused-ring (bicyclic) bond motifs is 2. The number of carbonyl (C=O) groups is 1. The van der Waals surface area contributed by atoms with E-state index in [4.69, 9.17) is 4.74 Å². The van der Waals surface area contributed by atoms with E-state index in [1.165, 1.54) is 38.4 Å². The molecule has 2 bridgehead atoms. The molecule has 0 radical (unpaired) electrons. The normalized spacial score (nSPS) is 27.0. The quantitative estimate of drug-likeness (QED) is 0.820. The minimum absolute atomic E-state index is 0.294. The topological polar surface area (TPSA) is 38.3 Å². The van der Waals surface area contributed by atoms with Crippen molar-refractivity contribution in [1.29, 1.82) is 0 Å². The van der Waals surface area contributed by atoms with Gasteiger partial charge in [0.15, 0.2) is 0 Å². The van der Waals surface area contributed by atoms with Crippen LogP contribution in [-0.4, -0.2) is 19.6 Å². The fraction of sp³-hybridized carbons (Fsp3) is 0.588. The number of hydrogen-bond acceptors (Lipinski definition) is 3. The lowest BCUT2D eigenvalue weighted by molar-refractivity contribution is 0.0600. The zero-order valence-electron chi connectivity index (χ0n) is 12.4. The van der Waals surface area contributed by atoms with Crippen LogP contribution < -0.4 is 5.32 Å². The van der Waals surface area contributed by atoms with Gasteiger partial charge in [-0.15, -0.1) is 0 Å². The summed E-state index contributed by atoms with van der Waals surface area (Å²) < 4.78 is 5.70. The number of carbonyl (C=O) groups excluding carboxylic acids is 1. The molecular weight excluding hydrogens is 330 g/mol. The van der Waals surface area contributed by atoms with Crippen LogP contribution in [0.4, 0.5) is 0 Å². The van der Waals surface area contributed by atoms with E-state index in [1.807, 2.05) is 18.2 Å². The minimum Gasteiger partial charge on any atom is -0.465 e. The molecule has 2 saturated carbocycles. The lowest BCUT2D eigenvalue weighted by Crippen LogP contribution is -2.26. The maximum absolute atomic E-state index is 11.5. The molecule has 0 saturated heterocycles. The van der Waals surface area contributed by atoms with Gasteiger partial charge in [-0.2, -0.15) is 0 Å². The molecule has 3 unspecified atom stereocenters. The van der Waals surface area contributed by atoms with Crippen molar-refractivity contribution in [1.82, 2.24) is 5.32 Å². The summed E-state index contributed by atoms with van der Waals surface area (Å²) in [5, 5.41) is 3.59. The average molecular weight is 352 g/mol. The van der Waals surface area contributed by atoms with Crippen molar-refractivity contribution in [3.8, 4) is 0 Å². The van der Waals surface area contributed by atoms with Crippen molar-refractivity contribution in [3.05, 3.63) is 33.8 Å². The molecule has 0 aromatic heterocycles. The molecule has 4 heteroatoms. The zero-order chi connectivity index (χ0) is 14.8. The summed E-state index contributed by atoms with van der Waals surface area (Å²) in [6, 6.07) is 5.65. The van der Waals surface area contributed by atoms with E-state index in [0.29, 0.717) is 5.56 Å². The van der Waals surface area contributed by atoms with Crippen molar-refractivity contribution in [2.75, 3.05) is 13.7 Å². The van der Waals surface area contributed by atoms with Gasteiger partial charge in [0, 0.05) is 11.0 Å². The molecule has 1 aromatic carbocycles. The molecular formula is C17H22BrNO2. The van der Waals surface area contributed by atoms with Crippen LogP contribution in [0.2, 0.25) is 0 Å². The fourth-order valence-corrected chi connectivity index (χ4v) is 4.47. The van der Waals surface area contributed by atoms with E-state index in [9.17, 15) is 4.79 Å². The Bertz CT molecular complexity index is 532. The molecule has 0 spiro atoms. The summed E-state index contributed by atoms with van der Waals surface area (Å²) in [6.07, 6.45) is 5.78. The summed E-state index contributed by atoms with van der Waals surface area (Å²) >= 11 is 3.54. The molecule has 3 rings (SSSR count). The summed E-state index contributed by atoms with van der Waals surface area (Å²) in [5.41, 5.74) is 1.77. The Morgan fingerprint density at radius 2 is 2.24 bits per heavy atom. The van der Waals surface area contributed by atoms with Crippen molar-refractivity contribution in [2.45, 2.75) is 32.2 Å². The molecule has 0 aliphatic heterocycles. The first-order valence-corrected chi connectivity index (χ1v) is 8.54. The van der Waals surface area contributed by atoms with Gasteiger partial charge in [0.2, 0.25) is 0 Å². The lowest BCUT2D eigenvalue weighted by Gasteiger charge is -2.22. The number of nitrogens with one attached hydrogen (secondary N) is 1. The Labute approximate surface area is 134 Å². The Kier molecular flexibility index (Phi) is 4.65. The van der Waals surface area contributed by atoms with Crippen molar-refractivity contribution in [3.63, 3.8) is 0 Å². The van der Waals surface area contributed by atoms with E-state index in [2.05, 4.69) is 21.2 Å². The maximum atomic E-state index is 11.5. The number of esters is 1. The molecule has 2 fully saturated rings. The minimum atomic E-state index is -0.294. The molecule has 114 valence electrons. The number of rotatable bonds is 5. The van der Waals surface area contributed by atoms with Gasteiger partial charge in [0.25, 0.3) is 0 Å². The summed E-state index contributed by atoms with van der Waals surface area (Å²) in [7, 11) is 1.40. The van der Waals surface area contributed by atoms with E-state index >= 15 is 0 Å². The molecule has 0 heterocycles. The zero-order valence-corrected chi connectivity index (χ0v) is 14.0. The van der Waals surface area contributed by atoms with Crippen molar-refractivity contribution < 1.29 is 9.53 Å². The molecule has 2 aliphatic rings. The highest BCUT2D eigenvalue weighted by Crippen LogP contribution is 2.47. The Balaban J connectivity index is 1.52. The third-order valence-corrected chi connectivity index (χ3v) is 5.82. The Hall–Kier alpha value is -0.870. The highest BCUT2D eigenvalue weighted by atomic mass is 79.9. The van der Waals surface area contributed by atoms with Gasteiger partial charge in [-0.3, -0.25) is 0 Å². The van der Waals surface area contributed by atoms with Crippen LogP contribution in [-0.2, 0) is 11.3 Å². The molecule has 0 amide bonds. The van der Waals surface area contributed by atoms with Gasteiger partial charge in [-0.05, 0) is 61.3 Å². The molecule has 21 heavy (non-hydrogen) atoms. The number of methoxy groups -OCH3 is 1. The molecule has 1 aromatic rings. The van der Waals surface area contributed by atoms with Crippen LogP contribution in [0.3, 0.4) is 0 Å². The van der Waals surface area contributed by atoms with Crippen LogP contribution in [0.5, 0.6) is 0 Å². The van der Waals surface area contributed by atoms with Crippen molar-refractivity contribution >= 4 is 21.9 Å². The van der Waals surface area contributed by atoms with E-state index < -0.39 is 0 Å². The smallest absolute Gasteiger partial charge is 0.337 e. The van der Waals surface area contributed by atoms with Crippen LogP contribution in [0.15, 0.2) is 22.7 Å². The number of hydrogen-bond donors (Lipinski definition) is 1. The maximum Gasteiger partial charge on any atom is 0.337 e. The second kappa shape index (κ2) is 6.49. The predicted molar refractivity (Wildman–Crippen MR) is 86.1 cm³/mol. The number of benzene rings is 1. The fourth-order valence-electron chi connectivity index (χ4n) is 3.95. The van der Waals surface area contributed by atoms with Gasteiger partial charge >= 0.3 is 5.97 Å². The first-order valence-electron chi connectivity index (χ1n) is 7.75. The van der Waals surface area contributed by atoms with Crippen LogP contribution >= 0.6 is 15.9 Å². The largest absolute Gasteiger partial charge is 0.465 e. The van der Waals surface area contributed by atoms with E-state index in [0.717, 1.165) is 35.3 Å². The van der Waals surface area contributed by atoms with Crippen LogP contribution in [0.1, 0.15) is 41.6 Å². The molecule has 1 N–H and O–H groups in total. The summed E-state index contributed by atoms with van der Waals surface area (Å²) in [4.78, 5) is 11.5. The second-order valence-corrected chi connectivity index (χ2v) is 7.22. The first-order chi connectivity index (χ1) is 10.2. The third-order valence-electron chi connectivity index (χ3n) is 5.08. The van der Waals surface area contributed by atoms with Crippen LogP contribution in [0.25, 0.3) is 0 Å². The highest BCUT2D eigenvalue weighted by Gasteiger charge is 2.38. The van der Waals surface area contributed by atoms with E-state index in [-0.39, 0.29) is 5.97 Å². The van der Waals surface area contributed by atoms with Crippen molar-refractivity contribution in [2.24, 2.45) is 17.8 Å². The standard InChI is InChI=1S/C17H22BrNO2/c1-21-17(20)13-4-5-14(16(18)8-13)9-19-10-15-7-11-2-3-12(15)6-11/h4-5,8,11-12,15,19H,2-3,6-7,9-10H2,1H3. The van der Waals surface area contributed by atoms with Gasteiger partial charge in [-0.1, -0.05) is 28.4 Å². The summed E-state index contributed by atoms with van der Waals surface area (Å²) in [5.74, 6) is 2.55. The third kappa shape index (κ3) is 3.32. The summed E-state index contributed by atoms with van der Waals surface area (Å²) in [6.45, 7) is 1.96. The Morgan fingerprint density at radius 3 is 2.86 bits per heavy atom. The number of ether oxygens (including phenoxy) is 1. The lowest BCUT2D eigenvalue weighted by atomic mass is 9.89. The second-order valence-electron chi connectivity index (χ2n) is 6.36. The Morgan fingerprint density at radius 1 is 1.38 bits per heavy atom. The predicted octanol–water partition coefficient (Wildman–Crippen LogP) is 3.76. The van der Waals surface area contributed by atoms with Crippen LogP contribution in [0, 0.1) is 17.8 Å². The monoisotopic (exact) mass is 351 g/mol. The average Bonchev–Trinajstić information content (AvgIpc) is 3.10. The highest BCUT2D eigenvalue weighted by molar-refractivity contribution is 9.10. The SMILES string of the molecule is COC(=O)c1ccc(CNCC2CC3CCC2C3)c(Br)c1. The van der Waals surface area contributed by atoms with E-state index in [1.54, 1.807) is 0 Å². The number of halogens is 1.